The predicted molar refractivity (Wildman–Crippen MR) is 97.0 cm³/mol. The number of rotatable bonds is 3. The van der Waals surface area contributed by atoms with E-state index in [4.69, 9.17) is 9.72 Å². The lowest BCUT2D eigenvalue weighted by atomic mass is 10.2. The van der Waals surface area contributed by atoms with Gasteiger partial charge in [0, 0.05) is 31.9 Å². The molecule has 5 heteroatoms. The third-order valence-corrected chi connectivity index (χ3v) is 4.42. The Morgan fingerprint density at radius 2 is 1.33 bits per heavy atom. The summed E-state index contributed by atoms with van der Waals surface area (Å²) in [7, 11) is 1.66. The zero-order valence-corrected chi connectivity index (χ0v) is 13.7. The number of ether oxygens (including phenoxy) is 1. The van der Waals surface area contributed by atoms with E-state index in [1.54, 1.807) is 7.11 Å². The lowest BCUT2D eigenvalue weighted by Crippen LogP contribution is -2.47. The molecule has 1 aliphatic rings. The number of nitrogens with zero attached hydrogens (tertiary/aromatic N) is 4. The Morgan fingerprint density at radius 1 is 0.750 bits per heavy atom. The lowest BCUT2D eigenvalue weighted by molar-refractivity contribution is 0.396. The summed E-state index contributed by atoms with van der Waals surface area (Å²) < 4.78 is 5.49. The average Bonchev–Trinajstić information content (AvgIpc) is 2.68. The summed E-state index contributed by atoms with van der Waals surface area (Å²) in [6.45, 7) is 3.72. The normalized spacial score (nSPS) is 14.9. The Hall–Kier alpha value is -2.82. The summed E-state index contributed by atoms with van der Waals surface area (Å²) in [5.74, 6) is 1.44. The van der Waals surface area contributed by atoms with Crippen LogP contribution in [0, 0.1) is 0 Å². The number of aromatic nitrogens is 2. The molecule has 122 valence electrons. The molecule has 0 radical (unpaired) electrons. The quantitative estimate of drug-likeness (QED) is 0.742. The summed E-state index contributed by atoms with van der Waals surface area (Å²) in [5.41, 5.74) is 3.04. The highest BCUT2D eigenvalue weighted by Gasteiger charge is 2.22. The van der Waals surface area contributed by atoms with Gasteiger partial charge in [-0.3, -0.25) is 0 Å². The van der Waals surface area contributed by atoms with Crippen LogP contribution in [0.4, 0.5) is 11.5 Å². The first-order chi connectivity index (χ1) is 11.8. The van der Waals surface area contributed by atoms with E-state index in [-0.39, 0.29) is 0 Å². The smallest absolute Gasteiger partial charge is 0.257 e. The van der Waals surface area contributed by atoms with E-state index < -0.39 is 0 Å². The van der Waals surface area contributed by atoms with Crippen LogP contribution in [0.3, 0.4) is 0 Å². The minimum Gasteiger partial charge on any atom is -0.478 e. The van der Waals surface area contributed by atoms with Gasteiger partial charge in [0.15, 0.2) is 5.82 Å². The fourth-order valence-corrected chi connectivity index (χ4v) is 3.13. The van der Waals surface area contributed by atoms with Crippen LogP contribution in [0.25, 0.3) is 11.0 Å². The van der Waals surface area contributed by atoms with Crippen molar-refractivity contribution in [3.63, 3.8) is 0 Å². The van der Waals surface area contributed by atoms with Crippen molar-refractivity contribution in [3.8, 4) is 5.88 Å². The molecule has 5 nitrogen and oxygen atoms in total. The number of fused-ring (bicyclic) bond motifs is 1. The minimum absolute atomic E-state index is 0.599. The highest BCUT2D eigenvalue weighted by atomic mass is 16.5. The van der Waals surface area contributed by atoms with Crippen LogP contribution in [0.1, 0.15) is 0 Å². The molecule has 1 fully saturated rings. The molecule has 0 atom stereocenters. The Kier molecular flexibility index (Phi) is 3.91. The zero-order valence-electron chi connectivity index (χ0n) is 13.7. The van der Waals surface area contributed by atoms with Crippen molar-refractivity contribution < 1.29 is 4.74 Å². The van der Waals surface area contributed by atoms with Gasteiger partial charge in [0.25, 0.3) is 5.88 Å². The fourth-order valence-electron chi connectivity index (χ4n) is 3.13. The molecular formula is C19H20N4O. The topological polar surface area (TPSA) is 41.5 Å². The van der Waals surface area contributed by atoms with Gasteiger partial charge in [-0.1, -0.05) is 30.3 Å². The van der Waals surface area contributed by atoms with Gasteiger partial charge in [-0.05, 0) is 24.3 Å². The third-order valence-electron chi connectivity index (χ3n) is 4.42. The monoisotopic (exact) mass is 320 g/mol. The second kappa shape index (κ2) is 6.35. The Balaban J connectivity index is 1.58. The molecule has 0 bridgehead atoms. The fraction of sp³-hybridized carbons (Fsp3) is 0.263. The first-order valence-corrected chi connectivity index (χ1v) is 8.21. The van der Waals surface area contributed by atoms with E-state index >= 15 is 0 Å². The molecule has 3 aromatic rings. The molecule has 2 aromatic carbocycles. The van der Waals surface area contributed by atoms with Crippen LogP contribution < -0.4 is 14.5 Å². The van der Waals surface area contributed by atoms with Crippen molar-refractivity contribution in [1.29, 1.82) is 0 Å². The molecule has 0 aliphatic carbocycles. The van der Waals surface area contributed by atoms with Crippen LogP contribution in [-0.4, -0.2) is 43.3 Å². The highest BCUT2D eigenvalue weighted by molar-refractivity contribution is 5.77. The first kappa shape index (κ1) is 14.8. The molecule has 0 spiro atoms. The molecule has 2 heterocycles. The van der Waals surface area contributed by atoms with Crippen molar-refractivity contribution >= 4 is 22.5 Å². The summed E-state index contributed by atoms with van der Waals surface area (Å²) in [5, 5.41) is 0. The molecular weight excluding hydrogens is 300 g/mol. The highest BCUT2D eigenvalue weighted by Crippen LogP contribution is 2.28. The summed E-state index contributed by atoms with van der Waals surface area (Å²) in [6.07, 6.45) is 0. The Bertz CT molecular complexity index is 829. The van der Waals surface area contributed by atoms with Gasteiger partial charge in [-0.2, -0.15) is 0 Å². The lowest BCUT2D eigenvalue weighted by Gasteiger charge is -2.36. The van der Waals surface area contributed by atoms with Crippen molar-refractivity contribution in [1.82, 2.24) is 9.97 Å². The molecule has 0 unspecified atom stereocenters. The molecule has 1 saturated heterocycles. The maximum atomic E-state index is 5.49. The first-order valence-electron chi connectivity index (χ1n) is 8.21. The van der Waals surface area contributed by atoms with E-state index in [0.717, 1.165) is 43.0 Å². The van der Waals surface area contributed by atoms with E-state index in [1.807, 2.05) is 24.3 Å². The van der Waals surface area contributed by atoms with E-state index in [9.17, 15) is 0 Å². The van der Waals surface area contributed by atoms with Gasteiger partial charge >= 0.3 is 0 Å². The molecule has 0 amide bonds. The predicted octanol–water partition coefficient (Wildman–Crippen LogP) is 2.97. The maximum Gasteiger partial charge on any atom is 0.257 e. The van der Waals surface area contributed by atoms with Crippen molar-refractivity contribution in [2.75, 3.05) is 43.1 Å². The van der Waals surface area contributed by atoms with E-state index in [0.29, 0.717) is 5.88 Å². The number of hydrogen-bond donors (Lipinski definition) is 0. The summed E-state index contributed by atoms with van der Waals surface area (Å²) in [6, 6.07) is 18.4. The molecule has 1 aromatic heterocycles. The van der Waals surface area contributed by atoms with Gasteiger partial charge < -0.3 is 14.5 Å². The standard InChI is InChI=1S/C19H20N4O/c1-24-19-18(20-16-9-5-6-10-17(16)21-19)23-13-11-22(12-14-23)15-7-3-2-4-8-15/h2-10H,11-14H2,1H3. The molecule has 1 aliphatic heterocycles. The number of benzene rings is 2. The number of hydrogen-bond acceptors (Lipinski definition) is 5. The van der Waals surface area contributed by atoms with Crippen molar-refractivity contribution in [2.45, 2.75) is 0 Å². The number of anilines is 2. The summed E-state index contributed by atoms with van der Waals surface area (Å²) in [4.78, 5) is 14.1. The SMILES string of the molecule is COc1nc2ccccc2nc1N1CCN(c2ccccc2)CC1. The van der Waals surface area contributed by atoms with Crippen LogP contribution >= 0.6 is 0 Å². The van der Waals surface area contributed by atoms with Crippen molar-refractivity contribution in [3.05, 3.63) is 54.6 Å². The second-order valence-corrected chi connectivity index (χ2v) is 5.85. The van der Waals surface area contributed by atoms with Crippen LogP contribution in [0.15, 0.2) is 54.6 Å². The average molecular weight is 320 g/mol. The van der Waals surface area contributed by atoms with Gasteiger partial charge in [-0.25, -0.2) is 9.97 Å². The molecule has 0 saturated carbocycles. The zero-order chi connectivity index (χ0) is 16.4. The Morgan fingerprint density at radius 3 is 2.00 bits per heavy atom. The van der Waals surface area contributed by atoms with Gasteiger partial charge in [0.05, 0.1) is 18.1 Å². The van der Waals surface area contributed by atoms with Crippen molar-refractivity contribution in [2.24, 2.45) is 0 Å². The van der Waals surface area contributed by atoms with Crippen LogP contribution in [0.2, 0.25) is 0 Å². The Labute approximate surface area is 141 Å². The molecule has 4 rings (SSSR count). The number of piperazine rings is 1. The molecule has 24 heavy (non-hydrogen) atoms. The number of para-hydroxylation sites is 3. The van der Waals surface area contributed by atoms with E-state index in [1.165, 1.54) is 5.69 Å². The van der Waals surface area contributed by atoms with Gasteiger partial charge in [0.1, 0.15) is 0 Å². The second-order valence-electron chi connectivity index (χ2n) is 5.85. The largest absolute Gasteiger partial charge is 0.478 e. The van der Waals surface area contributed by atoms with E-state index in [2.05, 4.69) is 45.1 Å². The molecule has 0 N–H and O–H groups in total. The number of methoxy groups -OCH3 is 1. The third kappa shape index (κ3) is 2.73. The summed E-state index contributed by atoms with van der Waals surface area (Å²) >= 11 is 0. The van der Waals surface area contributed by atoms with Crippen LogP contribution in [0.5, 0.6) is 5.88 Å². The minimum atomic E-state index is 0.599. The van der Waals surface area contributed by atoms with Gasteiger partial charge in [-0.15, -0.1) is 0 Å². The maximum absolute atomic E-state index is 5.49. The van der Waals surface area contributed by atoms with Crippen LogP contribution in [-0.2, 0) is 0 Å². The van der Waals surface area contributed by atoms with Gasteiger partial charge in [0.2, 0.25) is 0 Å².